The van der Waals surface area contributed by atoms with Crippen molar-refractivity contribution in [3.8, 4) is 11.5 Å². The summed E-state index contributed by atoms with van der Waals surface area (Å²) < 4.78 is 5.84. The molecule has 2 heterocycles. The summed E-state index contributed by atoms with van der Waals surface area (Å²) in [4.78, 5) is 25.5. The Balaban J connectivity index is 1.37. The molecule has 0 aliphatic carbocycles. The van der Waals surface area contributed by atoms with E-state index in [1.54, 1.807) is 23.1 Å². The first-order valence-electron chi connectivity index (χ1n) is 9.39. The lowest BCUT2D eigenvalue weighted by molar-refractivity contribution is 0.0698. The number of para-hydroxylation sites is 1. The van der Waals surface area contributed by atoms with E-state index in [0.29, 0.717) is 37.7 Å². The second kappa shape index (κ2) is 8.14. The minimum absolute atomic E-state index is 0.0648. The summed E-state index contributed by atoms with van der Waals surface area (Å²) in [6, 6.07) is 15.6. The van der Waals surface area contributed by atoms with Gasteiger partial charge in [0.1, 0.15) is 0 Å². The summed E-state index contributed by atoms with van der Waals surface area (Å²) in [5.41, 5.74) is 1.23. The lowest BCUT2D eigenvalue weighted by Crippen LogP contribution is -2.40. The zero-order valence-corrected chi connectivity index (χ0v) is 15.6. The van der Waals surface area contributed by atoms with Gasteiger partial charge in [-0.3, -0.25) is 0 Å². The number of piperidine rings is 1. The molecule has 1 aromatic heterocycles. The van der Waals surface area contributed by atoms with E-state index in [1.165, 1.54) is 6.07 Å². The molecule has 0 saturated carbocycles. The van der Waals surface area contributed by atoms with Gasteiger partial charge in [-0.05, 0) is 37.1 Å². The molecular weight excluding hydrogens is 372 g/mol. The van der Waals surface area contributed by atoms with Crippen molar-refractivity contribution in [2.45, 2.75) is 18.8 Å². The molecular formula is C21H20N4O4. The topological polar surface area (TPSA) is 109 Å². The molecule has 8 nitrogen and oxygen atoms in total. The molecule has 0 radical (unpaired) electrons. The predicted molar refractivity (Wildman–Crippen MR) is 106 cm³/mol. The predicted octanol–water partition coefficient (Wildman–Crippen LogP) is 3.85. The van der Waals surface area contributed by atoms with E-state index in [-0.39, 0.29) is 23.2 Å². The Morgan fingerprint density at radius 1 is 1.00 bits per heavy atom. The molecule has 2 aromatic carbocycles. The molecule has 1 saturated heterocycles. The number of aromatic nitrogens is 2. The maximum atomic E-state index is 12.5. The third-order valence-electron chi connectivity index (χ3n) is 4.99. The van der Waals surface area contributed by atoms with E-state index < -0.39 is 5.97 Å². The number of nitrogens with one attached hydrogen (secondary N) is 1. The summed E-state index contributed by atoms with van der Waals surface area (Å²) >= 11 is 0. The van der Waals surface area contributed by atoms with Gasteiger partial charge in [-0.15, -0.1) is 10.2 Å². The Bertz CT molecular complexity index is 1010. The van der Waals surface area contributed by atoms with Crippen LogP contribution >= 0.6 is 0 Å². The van der Waals surface area contributed by atoms with Crippen molar-refractivity contribution < 1.29 is 19.1 Å². The van der Waals surface area contributed by atoms with Crippen molar-refractivity contribution in [2.24, 2.45) is 0 Å². The zero-order valence-electron chi connectivity index (χ0n) is 15.6. The molecule has 148 valence electrons. The number of rotatable bonds is 4. The van der Waals surface area contributed by atoms with Crippen molar-refractivity contribution in [3.63, 3.8) is 0 Å². The number of likely N-dealkylation sites (tertiary alicyclic amines) is 1. The van der Waals surface area contributed by atoms with E-state index in [2.05, 4.69) is 15.5 Å². The molecule has 0 bridgehead atoms. The number of carbonyl (C=O) groups is 2. The second-order valence-electron chi connectivity index (χ2n) is 6.85. The molecule has 0 unspecified atom stereocenters. The van der Waals surface area contributed by atoms with Crippen LogP contribution in [0.3, 0.4) is 0 Å². The summed E-state index contributed by atoms with van der Waals surface area (Å²) in [5.74, 6) is 0.0896. The van der Waals surface area contributed by atoms with Gasteiger partial charge in [0.15, 0.2) is 0 Å². The summed E-state index contributed by atoms with van der Waals surface area (Å²) in [7, 11) is 0. The average molecular weight is 392 g/mol. The number of carboxylic acid groups (broad SMARTS) is 1. The molecule has 0 spiro atoms. The highest BCUT2D eigenvalue weighted by molar-refractivity contribution is 5.99. The molecule has 2 amide bonds. The molecule has 8 heteroatoms. The van der Waals surface area contributed by atoms with Gasteiger partial charge >= 0.3 is 12.0 Å². The number of nitrogens with zero attached hydrogens (tertiary/aromatic N) is 3. The number of anilines is 1. The SMILES string of the molecule is O=C(O)c1ccccc1NC(=O)N1CCC(c2nnc(-c3ccccc3)o2)CC1. The molecule has 1 fully saturated rings. The molecule has 1 aliphatic heterocycles. The van der Waals surface area contributed by atoms with Crippen LogP contribution in [0.4, 0.5) is 10.5 Å². The van der Waals surface area contributed by atoms with Crippen molar-refractivity contribution in [2.75, 3.05) is 18.4 Å². The highest BCUT2D eigenvalue weighted by Crippen LogP contribution is 2.29. The van der Waals surface area contributed by atoms with Crippen LogP contribution in [-0.2, 0) is 0 Å². The van der Waals surface area contributed by atoms with Crippen molar-refractivity contribution in [1.82, 2.24) is 15.1 Å². The fourth-order valence-electron chi connectivity index (χ4n) is 3.40. The Labute approximate surface area is 167 Å². The standard InChI is InChI=1S/C21H20N4O4/c26-20(27)16-8-4-5-9-17(16)22-21(28)25-12-10-15(11-13-25)19-24-23-18(29-19)14-6-2-1-3-7-14/h1-9,15H,10-13H2,(H,22,28)(H,26,27). The van der Waals surface area contributed by atoms with E-state index >= 15 is 0 Å². The van der Waals surface area contributed by atoms with E-state index in [1.807, 2.05) is 30.3 Å². The van der Waals surface area contributed by atoms with Crippen LogP contribution in [-0.4, -0.2) is 45.3 Å². The maximum absolute atomic E-state index is 12.5. The van der Waals surface area contributed by atoms with Crippen molar-refractivity contribution in [3.05, 3.63) is 66.1 Å². The molecule has 0 atom stereocenters. The Morgan fingerprint density at radius 3 is 2.41 bits per heavy atom. The minimum atomic E-state index is -1.08. The van der Waals surface area contributed by atoms with Gasteiger partial charge in [-0.1, -0.05) is 30.3 Å². The molecule has 4 rings (SSSR count). The third-order valence-corrected chi connectivity index (χ3v) is 4.99. The normalized spacial score (nSPS) is 14.6. The Morgan fingerprint density at radius 2 is 1.69 bits per heavy atom. The summed E-state index contributed by atoms with van der Waals surface area (Å²) in [5, 5.41) is 20.3. The number of benzene rings is 2. The van der Waals surface area contributed by atoms with Gasteiger partial charge in [-0.25, -0.2) is 9.59 Å². The van der Waals surface area contributed by atoms with E-state index in [4.69, 9.17) is 4.42 Å². The fraction of sp³-hybridized carbons (Fsp3) is 0.238. The van der Waals surface area contributed by atoms with Gasteiger partial charge in [0.2, 0.25) is 11.8 Å². The van der Waals surface area contributed by atoms with Crippen LogP contribution in [0.15, 0.2) is 59.0 Å². The Hall–Kier alpha value is -3.68. The Kier molecular flexibility index (Phi) is 5.24. The highest BCUT2D eigenvalue weighted by atomic mass is 16.4. The summed E-state index contributed by atoms with van der Waals surface area (Å²) in [6.45, 7) is 1.05. The van der Waals surface area contributed by atoms with Crippen LogP contribution in [0.25, 0.3) is 11.5 Å². The van der Waals surface area contributed by atoms with Gasteiger partial charge in [0, 0.05) is 24.6 Å². The summed E-state index contributed by atoms with van der Waals surface area (Å²) in [6.07, 6.45) is 1.40. The molecule has 3 aromatic rings. The number of amides is 2. The van der Waals surface area contributed by atoms with Crippen LogP contribution in [0.1, 0.15) is 35.0 Å². The second-order valence-corrected chi connectivity index (χ2v) is 6.85. The average Bonchev–Trinajstić information content (AvgIpc) is 3.25. The number of urea groups is 1. The molecule has 2 N–H and O–H groups in total. The number of hydrogen-bond acceptors (Lipinski definition) is 5. The largest absolute Gasteiger partial charge is 0.478 e. The van der Waals surface area contributed by atoms with Crippen molar-refractivity contribution >= 4 is 17.7 Å². The number of carbonyl (C=O) groups excluding carboxylic acids is 1. The quantitative estimate of drug-likeness (QED) is 0.698. The number of aromatic carboxylic acids is 1. The van der Waals surface area contributed by atoms with Crippen molar-refractivity contribution in [1.29, 1.82) is 0 Å². The van der Waals surface area contributed by atoms with Crippen LogP contribution < -0.4 is 5.32 Å². The van der Waals surface area contributed by atoms with E-state index in [9.17, 15) is 14.7 Å². The first kappa shape index (κ1) is 18.7. The van der Waals surface area contributed by atoms with Gasteiger partial charge in [0.25, 0.3) is 0 Å². The number of hydrogen-bond donors (Lipinski definition) is 2. The van der Waals surface area contributed by atoms with Gasteiger partial charge in [-0.2, -0.15) is 0 Å². The highest BCUT2D eigenvalue weighted by Gasteiger charge is 2.28. The minimum Gasteiger partial charge on any atom is -0.478 e. The first-order chi connectivity index (χ1) is 14.1. The van der Waals surface area contributed by atoms with Crippen LogP contribution in [0.5, 0.6) is 0 Å². The zero-order chi connectivity index (χ0) is 20.2. The van der Waals surface area contributed by atoms with E-state index in [0.717, 1.165) is 5.56 Å². The molecule has 29 heavy (non-hydrogen) atoms. The third kappa shape index (κ3) is 4.11. The number of carboxylic acids is 1. The molecule has 1 aliphatic rings. The smallest absolute Gasteiger partial charge is 0.337 e. The van der Waals surface area contributed by atoms with Crippen LogP contribution in [0, 0.1) is 0 Å². The van der Waals surface area contributed by atoms with Gasteiger partial charge in [0.05, 0.1) is 11.3 Å². The fourth-order valence-corrected chi connectivity index (χ4v) is 3.40. The maximum Gasteiger partial charge on any atom is 0.337 e. The first-order valence-corrected chi connectivity index (χ1v) is 9.39. The lowest BCUT2D eigenvalue weighted by Gasteiger charge is -2.30. The van der Waals surface area contributed by atoms with Crippen LogP contribution in [0.2, 0.25) is 0 Å². The van der Waals surface area contributed by atoms with Gasteiger partial charge < -0.3 is 19.7 Å². The lowest BCUT2D eigenvalue weighted by atomic mass is 9.97. The monoisotopic (exact) mass is 392 g/mol.